The Kier molecular flexibility index (Phi) is 4.20. The van der Waals surface area contributed by atoms with E-state index in [0.717, 1.165) is 6.54 Å². The molecule has 0 aliphatic rings. The number of hydrogen-bond donors (Lipinski definition) is 1. The Labute approximate surface area is 114 Å². The van der Waals surface area contributed by atoms with E-state index in [4.69, 9.17) is 0 Å². The van der Waals surface area contributed by atoms with Gasteiger partial charge in [-0.15, -0.1) is 11.3 Å². The molecule has 2 rings (SSSR count). The monoisotopic (exact) mass is 259 g/mol. The van der Waals surface area contributed by atoms with Crippen LogP contribution in [-0.4, -0.2) is 6.54 Å². The molecule has 0 saturated carbocycles. The summed E-state index contributed by atoms with van der Waals surface area (Å²) in [5.41, 5.74) is 4.06. The Morgan fingerprint density at radius 1 is 1.11 bits per heavy atom. The van der Waals surface area contributed by atoms with Gasteiger partial charge in [0.25, 0.3) is 0 Å². The van der Waals surface area contributed by atoms with Crippen molar-refractivity contribution in [1.29, 1.82) is 0 Å². The second-order valence-corrected chi connectivity index (χ2v) is 6.08. The van der Waals surface area contributed by atoms with Crippen molar-refractivity contribution < 1.29 is 0 Å². The number of hydrogen-bond acceptors (Lipinski definition) is 2. The molecule has 0 fully saturated rings. The van der Waals surface area contributed by atoms with Crippen molar-refractivity contribution in [3.63, 3.8) is 0 Å². The van der Waals surface area contributed by atoms with Gasteiger partial charge in [0.2, 0.25) is 0 Å². The predicted octanol–water partition coefficient (Wildman–Crippen LogP) is 4.37. The molecule has 0 radical (unpaired) electrons. The van der Waals surface area contributed by atoms with Gasteiger partial charge >= 0.3 is 0 Å². The van der Waals surface area contributed by atoms with Crippen LogP contribution in [0.25, 0.3) is 0 Å². The lowest BCUT2D eigenvalue weighted by atomic mass is 10.0. The molecule has 0 aliphatic carbocycles. The zero-order valence-electron chi connectivity index (χ0n) is 11.6. The summed E-state index contributed by atoms with van der Waals surface area (Å²) in [5, 5.41) is 3.59. The number of benzene rings is 1. The van der Waals surface area contributed by atoms with E-state index in [9.17, 15) is 0 Å². The normalized spacial score (nSPS) is 12.7. The minimum absolute atomic E-state index is 0.327. The first-order valence-corrected chi connectivity index (χ1v) is 7.30. The third-order valence-electron chi connectivity index (χ3n) is 3.29. The fraction of sp³-hybridized carbons (Fsp3) is 0.375. The Balaban J connectivity index is 2.36. The molecule has 1 atom stereocenters. The van der Waals surface area contributed by atoms with Crippen molar-refractivity contribution in [2.45, 2.75) is 33.7 Å². The van der Waals surface area contributed by atoms with Crippen LogP contribution in [-0.2, 0) is 0 Å². The van der Waals surface area contributed by atoms with Crippen molar-refractivity contribution in [3.05, 3.63) is 56.8 Å². The summed E-state index contributed by atoms with van der Waals surface area (Å²) < 4.78 is 0. The summed E-state index contributed by atoms with van der Waals surface area (Å²) in [6.07, 6.45) is 0. The lowest BCUT2D eigenvalue weighted by molar-refractivity contribution is 0.639. The molecule has 2 heteroatoms. The molecule has 0 saturated heterocycles. The Morgan fingerprint density at radius 2 is 1.78 bits per heavy atom. The van der Waals surface area contributed by atoms with Gasteiger partial charge in [0.15, 0.2) is 0 Å². The molecule has 0 amide bonds. The first-order chi connectivity index (χ1) is 8.61. The van der Waals surface area contributed by atoms with Crippen molar-refractivity contribution in [2.75, 3.05) is 6.54 Å². The molecule has 1 aromatic heterocycles. The van der Waals surface area contributed by atoms with Crippen molar-refractivity contribution >= 4 is 11.3 Å². The van der Waals surface area contributed by atoms with Gasteiger partial charge in [0.05, 0.1) is 6.04 Å². The molecule has 2 aromatic rings. The van der Waals surface area contributed by atoms with Gasteiger partial charge in [0, 0.05) is 9.75 Å². The zero-order chi connectivity index (χ0) is 13.1. The van der Waals surface area contributed by atoms with E-state index in [-0.39, 0.29) is 0 Å². The van der Waals surface area contributed by atoms with Crippen LogP contribution in [0.3, 0.4) is 0 Å². The minimum atomic E-state index is 0.327. The van der Waals surface area contributed by atoms with Crippen LogP contribution in [0.5, 0.6) is 0 Å². The average molecular weight is 259 g/mol. The van der Waals surface area contributed by atoms with Crippen LogP contribution >= 0.6 is 11.3 Å². The maximum absolute atomic E-state index is 3.59. The molecular weight excluding hydrogens is 238 g/mol. The second kappa shape index (κ2) is 5.68. The molecule has 96 valence electrons. The topological polar surface area (TPSA) is 12.0 Å². The van der Waals surface area contributed by atoms with E-state index in [1.165, 1.54) is 26.4 Å². The van der Waals surface area contributed by atoms with Crippen LogP contribution in [0.15, 0.2) is 30.3 Å². The molecule has 1 heterocycles. The molecule has 1 aromatic carbocycles. The summed E-state index contributed by atoms with van der Waals surface area (Å²) in [5.74, 6) is 0. The predicted molar refractivity (Wildman–Crippen MR) is 80.5 cm³/mol. The molecule has 1 unspecified atom stereocenters. The molecule has 1 nitrogen and oxygen atoms in total. The van der Waals surface area contributed by atoms with Crippen molar-refractivity contribution in [2.24, 2.45) is 0 Å². The molecular formula is C16H21NS. The minimum Gasteiger partial charge on any atom is -0.306 e. The Morgan fingerprint density at radius 3 is 2.28 bits per heavy atom. The summed E-state index contributed by atoms with van der Waals surface area (Å²) in [7, 11) is 0. The summed E-state index contributed by atoms with van der Waals surface area (Å²) in [6, 6.07) is 11.5. The number of nitrogens with one attached hydrogen (secondary N) is 1. The van der Waals surface area contributed by atoms with Gasteiger partial charge in [-0.1, -0.05) is 36.8 Å². The Hall–Kier alpha value is -1.12. The molecule has 1 N–H and O–H groups in total. The van der Waals surface area contributed by atoms with E-state index >= 15 is 0 Å². The van der Waals surface area contributed by atoms with E-state index in [1.807, 2.05) is 11.3 Å². The fourth-order valence-corrected chi connectivity index (χ4v) is 3.24. The van der Waals surface area contributed by atoms with Crippen LogP contribution < -0.4 is 5.32 Å². The van der Waals surface area contributed by atoms with Gasteiger partial charge in [0.1, 0.15) is 0 Å². The first kappa shape index (κ1) is 13.3. The fourth-order valence-electron chi connectivity index (χ4n) is 2.09. The maximum Gasteiger partial charge on any atom is 0.0671 e. The SMILES string of the molecule is CCNC(c1ccc(C)cc1)c1cc(C)c(C)s1. The highest BCUT2D eigenvalue weighted by atomic mass is 32.1. The highest BCUT2D eigenvalue weighted by Crippen LogP contribution is 2.30. The van der Waals surface area contributed by atoms with E-state index in [0.29, 0.717) is 6.04 Å². The second-order valence-electron chi connectivity index (χ2n) is 4.79. The quantitative estimate of drug-likeness (QED) is 0.859. The summed E-state index contributed by atoms with van der Waals surface area (Å²) >= 11 is 1.90. The largest absolute Gasteiger partial charge is 0.306 e. The van der Waals surface area contributed by atoms with E-state index < -0.39 is 0 Å². The molecule has 0 bridgehead atoms. The van der Waals surface area contributed by atoms with Crippen molar-refractivity contribution in [3.8, 4) is 0 Å². The van der Waals surface area contributed by atoms with Gasteiger partial charge in [-0.25, -0.2) is 0 Å². The Bertz CT molecular complexity index is 491. The van der Waals surface area contributed by atoms with Crippen LogP contribution in [0.1, 0.15) is 39.4 Å². The third kappa shape index (κ3) is 2.82. The van der Waals surface area contributed by atoms with Gasteiger partial charge < -0.3 is 5.32 Å². The number of aryl methyl sites for hydroxylation is 3. The third-order valence-corrected chi connectivity index (χ3v) is 4.51. The zero-order valence-corrected chi connectivity index (χ0v) is 12.4. The lowest BCUT2D eigenvalue weighted by Crippen LogP contribution is -2.21. The van der Waals surface area contributed by atoms with Crippen LogP contribution in [0.2, 0.25) is 0 Å². The van der Waals surface area contributed by atoms with Crippen molar-refractivity contribution in [1.82, 2.24) is 5.32 Å². The average Bonchev–Trinajstić information content (AvgIpc) is 2.68. The molecule has 18 heavy (non-hydrogen) atoms. The highest BCUT2D eigenvalue weighted by molar-refractivity contribution is 7.12. The first-order valence-electron chi connectivity index (χ1n) is 6.48. The maximum atomic E-state index is 3.59. The smallest absolute Gasteiger partial charge is 0.0671 e. The summed E-state index contributed by atoms with van der Waals surface area (Å²) in [4.78, 5) is 2.83. The van der Waals surface area contributed by atoms with Crippen LogP contribution in [0.4, 0.5) is 0 Å². The number of rotatable bonds is 4. The van der Waals surface area contributed by atoms with Crippen LogP contribution in [0, 0.1) is 20.8 Å². The van der Waals surface area contributed by atoms with Gasteiger partial charge in [-0.05, 0) is 44.5 Å². The van der Waals surface area contributed by atoms with E-state index in [2.05, 4.69) is 63.3 Å². The number of thiophene rings is 1. The lowest BCUT2D eigenvalue weighted by Gasteiger charge is -2.17. The molecule has 0 spiro atoms. The summed E-state index contributed by atoms with van der Waals surface area (Å²) in [6.45, 7) is 9.66. The van der Waals surface area contributed by atoms with E-state index in [1.54, 1.807) is 0 Å². The highest BCUT2D eigenvalue weighted by Gasteiger charge is 2.15. The van der Waals surface area contributed by atoms with Gasteiger partial charge in [-0.2, -0.15) is 0 Å². The van der Waals surface area contributed by atoms with Gasteiger partial charge in [-0.3, -0.25) is 0 Å². The molecule has 0 aliphatic heterocycles. The standard InChI is InChI=1S/C16H21NS/c1-5-17-16(14-8-6-11(2)7-9-14)15-10-12(3)13(4)18-15/h6-10,16-17H,5H2,1-4H3.